The van der Waals surface area contributed by atoms with E-state index in [1.165, 1.54) is 4.90 Å². The minimum atomic E-state index is -3.71. The van der Waals surface area contributed by atoms with Gasteiger partial charge in [-0.3, -0.25) is 14.5 Å². The minimum absolute atomic E-state index is 0.0700. The zero-order valence-electron chi connectivity index (χ0n) is 15.1. The lowest BCUT2D eigenvalue weighted by atomic mass is 9.94. The number of hydrogen-bond donors (Lipinski definition) is 2. The zero-order chi connectivity index (χ0) is 20.1. The summed E-state index contributed by atoms with van der Waals surface area (Å²) >= 11 is 0. The van der Waals surface area contributed by atoms with E-state index in [0.717, 1.165) is 5.39 Å². The highest BCUT2D eigenvalue weighted by Crippen LogP contribution is 2.29. The average Bonchev–Trinajstić information content (AvgIpc) is 2.66. The number of carbonyl (C=O) groups excluding carboxylic acids is 2. The molecule has 3 N–H and O–H groups in total. The number of imide groups is 1. The molecule has 0 atom stereocenters. The molecule has 0 saturated heterocycles. The summed E-state index contributed by atoms with van der Waals surface area (Å²) in [5.41, 5.74) is 1.02. The van der Waals surface area contributed by atoms with Crippen LogP contribution in [0.2, 0.25) is 0 Å². The largest absolute Gasteiger partial charge is 0.378 e. The molecule has 2 aromatic carbocycles. The molecule has 0 aromatic heterocycles. The van der Waals surface area contributed by atoms with Crippen molar-refractivity contribution in [1.29, 1.82) is 0 Å². The molecule has 2 amide bonds. The third kappa shape index (κ3) is 4.72. The average molecular weight is 407 g/mol. The Labute approximate surface area is 162 Å². The van der Waals surface area contributed by atoms with E-state index in [0.29, 0.717) is 16.5 Å². The Morgan fingerprint density at radius 3 is 2.04 bits per heavy atom. The Kier molecular flexibility index (Phi) is 6.37. The molecule has 0 unspecified atom stereocenters. The van der Waals surface area contributed by atoms with Gasteiger partial charge in [0.05, 0.1) is 33.0 Å². The summed E-state index contributed by atoms with van der Waals surface area (Å²) in [6, 6.07) is 10.8. The Morgan fingerprint density at radius 2 is 1.46 bits per heavy atom. The van der Waals surface area contributed by atoms with Crippen molar-refractivity contribution in [3.8, 4) is 0 Å². The van der Waals surface area contributed by atoms with E-state index in [-0.39, 0.29) is 51.3 Å². The second-order valence-electron chi connectivity index (χ2n) is 6.14. The van der Waals surface area contributed by atoms with Crippen LogP contribution >= 0.6 is 0 Å². The van der Waals surface area contributed by atoms with Crippen molar-refractivity contribution >= 4 is 32.8 Å². The van der Waals surface area contributed by atoms with E-state index >= 15 is 0 Å². The molecule has 28 heavy (non-hydrogen) atoms. The summed E-state index contributed by atoms with van der Waals surface area (Å²) in [5.74, 6) is -0.661. The Hall–Kier alpha value is -2.37. The van der Waals surface area contributed by atoms with Crippen molar-refractivity contribution in [2.75, 3.05) is 39.5 Å². The summed E-state index contributed by atoms with van der Waals surface area (Å²) in [6.07, 6.45) is 0. The molecule has 3 rings (SSSR count). The fourth-order valence-electron chi connectivity index (χ4n) is 3.02. The molecular formula is C18H21N3O6S. The molecule has 1 aliphatic heterocycles. The van der Waals surface area contributed by atoms with Gasteiger partial charge in [0.25, 0.3) is 22.0 Å². The molecule has 9 nitrogen and oxygen atoms in total. The molecule has 0 fully saturated rings. The first-order valence-corrected chi connectivity index (χ1v) is 10.2. The normalized spacial score (nSPS) is 14.1. The predicted octanol–water partition coefficient (Wildman–Crippen LogP) is 0.262. The van der Waals surface area contributed by atoms with Crippen LogP contribution in [0.5, 0.6) is 0 Å². The van der Waals surface area contributed by atoms with Gasteiger partial charge in [-0.05, 0) is 17.5 Å². The van der Waals surface area contributed by atoms with Crippen molar-refractivity contribution in [3.05, 3.63) is 47.5 Å². The Balaban J connectivity index is 1.46. The lowest BCUT2D eigenvalue weighted by Gasteiger charge is -2.27. The summed E-state index contributed by atoms with van der Waals surface area (Å²) < 4.78 is 34.0. The van der Waals surface area contributed by atoms with Gasteiger partial charge in [0, 0.05) is 23.1 Å². The molecule has 1 heterocycles. The molecule has 1 aliphatic rings. The summed E-state index contributed by atoms with van der Waals surface area (Å²) in [6.45, 7) is 1.03. The molecule has 0 aliphatic carbocycles. The van der Waals surface area contributed by atoms with Crippen molar-refractivity contribution in [3.63, 3.8) is 0 Å². The maximum absolute atomic E-state index is 12.7. The van der Waals surface area contributed by atoms with Crippen molar-refractivity contribution < 1.29 is 27.5 Å². The SMILES string of the molecule is NS(=O)(=O)NCCOCCOCCN1C(=O)c2cccc3cccc(c23)C1=O. The molecular weight excluding hydrogens is 386 g/mol. The van der Waals surface area contributed by atoms with Gasteiger partial charge in [0.2, 0.25) is 0 Å². The van der Waals surface area contributed by atoms with Gasteiger partial charge in [0.1, 0.15) is 0 Å². The Morgan fingerprint density at radius 1 is 0.893 bits per heavy atom. The summed E-state index contributed by atoms with van der Waals surface area (Å²) in [4.78, 5) is 26.6. The van der Waals surface area contributed by atoms with Gasteiger partial charge in [0.15, 0.2) is 0 Å². The van der Waals surface area contributed by atoms with Crippen LogP contribution < -0.4 is 9.86 Å². The first kappa shape index (κ1) is 20.4. The van der Waals surface area contributed by atoms with E-state index in [2.05, 4.69) is 4.72 Å². The van der Waals surface area contributed by atoms with E-state index in [9.17, 15) is 18.0 Å². The number of amides is 2. The summed E-state index contributed by atoms with van der Waals surface area (Å²) in [7, 11) is -3.71. The van der Waals surface area contributed by atoms with Crippen LogP contribution in [0.15, 0.2) is 36.4 Å². The van der Waals surface area contributed by atoms with Crippen LogP contribution in [0, 0.1) is 0 Å². The van der Waals surface area contributed by atoms with E-state index in [1.54, 1.807) is 24.3 Å². The molecule has 0 saturated carbocycles. The fraction of sp³-hybridized carbons (Fsp3) is 0.333. The smallest absolute Gasteiger partial charge is 0.274 e. The van der Waals surface area contributed by atoms with Gasteiger partial charge in [-0.2, -0.15) is 8.42 Å². The lowest BCUT2D eigenvalue weighted by molar-refractivity contribution is 0.0349. The first-order chi connectivity index (χ1) is 13.4. The zero-order valence-corrected chi connectivity index (χ0v) is 15.9. The molecule has 150 valence electrons. The fourth-order valence-corrected chi connectivity index (χ4v) is 3.39. The highest BCUT2D eigenvalue weighted by atomic mass is 32.2. The van der Waals surface area contributed by atoms with Crippen LogP contribution in [0.1, 0.15) is 20.7 Å². The number of ether oxygens (including phenoxy) is 2. The van der Waals surface area contributed by atoms with Crippen LogP contribution in [-0.4, -0.2) is 64.6 Å². The minimum Gasteiger partial charge on any atom is -0.378 e. The van der Waals surface area contributed by atoms with Crippen LogP contribution in [-0.2, 0) is 19.7 Å². The van der Waals surface area contributed by atoms with Crippen LogP contribution in [0.4, 0.5) is 0 Å². The van der Waals surface area contributed by atoms with Gasteiger partial charge in [-0.15, -0.1) is 0 Å². The molecule has 2 aromatic rings. The molecule has 0 bridgehead atoms. The van der Waals surface area contributed by atoms with Gasteiger partial charge in [-0.1, -0.05) is 24.3 Å². The third-order valence-electron chi connectivity index (χ3n) is 4.24. The number of benzene rings is 2. The van der Waals surface area contributed by atoms with E-state index < -0.39 is 10.2 Å². The number of rotatable bonds is 10. The number of nitrogens with zero attached hydrogens (tertiary/aromatic N) is 1. The number of nitrogens with one attached hydrogen (secondary N) is 1. The Bertz CT molecular complexity index is 941. The van der Waals surface area contributed by atoms with Gasteiger partial charge in [-0.25, -0.2) is 9.86 Å². The van der Waals surface area contributed by atoms with Crippen LogP contribution in [0.3, 0.4) is 0 Å². The molecule has 0 radical (unpaired) electrons. The van der Waals surface area contributed by atoms with E-state index in [4.69, 9.17) is 14.6 Å². The molecule has 10 heteroatoms. The topological polar surface area (TPSA) is 128 Å². The second kappa shape index (κ2) is 8.76. The van der Waals surface area contributed by atoms with Gasteiger partial charge < -0.3 is 9.47 Å². The highest BCUT2D eigenvalue weighted by molar-refractivity contribution is 7.87. The van der Waals surface area contributed by atoms with Crippen LogP contribution in [0.25, 0.3) is 10.8 Å². The third-order valence-corrected chi connectivity index (χ3v) is 4.84. The predicted molar refractivity (Wildman–Crippen MR) is 102 cm³/mol. The molecule has 0 spiro atoms. The first-order valence-electron chi connectivity index (χ1n) is 8.69. The van der Waals surface area contributed by atoms with Crippen molar-refractivity contribution in [1.82, 2.24) is 9.62 Å². The lowest BCUT2D eigenvalue weighted by Crippen LogP contribution is -2.42. The number of nitrogens with two attached hydrogens (primary N) is 1. The summed E-state index contributed by atoms with van der Waals surface area (Å²) in [5, 5.41) is 6.34. The monoisotopic (exact) mass is 407 g/mol. The highest BCUT2D eigenvalue weighted by Gasteiger charge is 2.32. The van der Waals surface area contributed by atoms with Crippen molar-refractivity contribution in [2.45, 2.75) is 0 Å². The maximum Gasteiger partial charge on any atom is 0.274 e. The number of carbonyl (C=O) groups is 2. The van der Waals surface area contributed by atoms with E-state index in [1.807, 2.05) is 12.1 Å². The number of hydrogen-bond acceptors (Lipinski definition) is 6. The second-order valence-corrected chi connectivity index (χ2v) is 7.51. The van der Waals surface area contributed by atoms with Crippen molar-refractivity contribution in [2.24, 2.45) is 5.14 Å². The van der Waals surface area contributed by atoms with Gasteiger partial charge >= 0.3 is 0 Å². The quantitative estimate of drug-likeness (QED) is 0.430. The standard InChI is InChI=1S/C18H21N3O6S/c19-28(24,25)20-7-9-26-11-12-27-10-8-21-17(22)14-5-1-3-13-4-2-6-15(16(13)14)18(21)23/h1-6,20H,7-12H2,(H2,19,24,25). The maximum atomic E-state index is 12.7.